The normalized spacial score (nSPS) is 12.4. The maximum absolute atomic E-state index is 5.45. The Morgan fingerprint density at radius 1 is 1.30 bits per heavy atom. The average molecular weight is 273 g/mol. The van der Waals surface area contributed by atoms with Crippen LogP contribution in [0.25, 0.3) is 0 Å². The largest absolute Gasteiger partial charge is 0.496 e. The Morgan fingerprint density at radius 3 is 2.65 bits per heavy atom. The van der Waals surface area contributed by atoms with Gasteiger partial charge in [0.2, 0.25) is 0 Å². The van der Waals surface area contributed by atoms with Crippen LogP contribution in [-0.4, -0.2) is 17.3 Å². The summed E-state index contributed by atoms with van der Waals surface area (Å²) in [4.78, 5) is 0. The smallest absolute Gasteiger partial charge is 0.123 e. The maximum atomic E-state index is 5.45. The number of H-pyrrole nitrogens is 1. The van der Waals surface area contributed by atoms with Crippen LogP contribution in [0.2, 0.25) is 0 Å². The van der Waals surface area contributed by atoms with E-state index in [0.717, 1.165) is 30.1 Å². The molecule has 0 radical (unpaired) electrons. The standard InChI is InChI=1S/C16H23N3O/c1-5-15(13-8-6-7-9-16(13)20-4)17-10-14-11(2)18-19-12(14)3/h6-9,15,17H,5,10H2,1-4H3,(H,18,19). The molecule has 1 atom stereocenters. The SMILES string of the molecule is CCC(NCc1c(C)n[nH]c1C)c1ccccc1OC. The van der Waals surface area contributed by atoms with Crippen molar-refractivity contribution in [3.63, 3.8) is 0 Å². The van der Waals surface area contributed by atoms with Crippen LogP contribution in [0.5, 0.6) is 5.75 Å². The minimum absolute atomic E-state index is 0.278. The van der Waals surface area contributed by atoms with Crippen molar-refractivity contribution in [3.8, 4) is 5.75 Å². The van der Waals surface area contributed by atoms with E-state index in [1.54, 1.807) is 7.11 Å². The van der Waals surface area contributed by atoms with Gasteiger partial charge in [0.05, 0.1) is 12.8 Å². The third-order valence-corrected chi connectivity index (χ3v) is 3.73. The van der Waals surface area contributed by atoms with Gasteiger partial charge in [-0.1, -0.05) is 25.1 Å². The number of ether oxygens (including phenoxy) is 1. The van der Waals surface area contributed by atoms with E-state index in [9.17, 15) is 0 Å². The number of aromatic nitrogens is 2. The van der Waals surface area contributed by atoms with E-state index < -0.39 is 0 Å². The van der Waals surface area contributed by atoms with Gasteiger partial charge in [-0.25, -0.2) is 0 Å². The van der Waals surface area contributed by atoms with Crippen LogP contribution in [0.3, 0.4) is 0 Å². The molecule has 4 nitrogen and oxygen atoms in total. The number of nitrogens with zero attached hydrogens (tertiary/aromatic N) is 1. The van der Waals surface area contributed by atoms with Crippen LogP contribution in [0.15, 0.2) is 24.3 Å². The van der Waals surface area contributed by atoms with Crippen molar-refractivity contribution >= 4 is 0 Å². The van der Waals surface area contributed by atoms with Gasteiger partial charge in [-0.15, -0.1) is 0 Å². The van der Waals surface area contributed by atoms with Crippen molar-refractivity contribution in [1.29, 1.82) is 0 Å². The second-order valence-electron chi connectivity index (χ2n) is 5.00. The van der Waals surface area contributed by atoms with Crippen molar-refractivity contribution in [3.05, 3.63) is 46.8 Å². The van der Waals surface area contributed by atoms with E-state index >= 15 is 0 Å². The van der Waals surface area contributed by atoms with E-state index in [1.165, 1.54) is 11.1 Å². The Bertz CT molecular complexity index is 543. The zero-order valence-electron chi connectivity index (χ0n) is 12.7. The zero-order chi connectivity index (χ0) is 14.5. The lowest BCUT2D eigenvalue weighted by molar-refractivity contribution is 0.396. The molecule has 20 heavy (non-hydrogen) atoms. The number of rotatable bonds is 6. The van der Waals surface area contributed by atoms with E-state index in [2.05, 4.69) is 41.5 Å². The van der Waals surface area contributed by atoms with Crippen molar-refractivity contribution in [1.82, 2.24) is 15.5 Å². The molecule has 108 valence electrons. The number of para-hydroxylation sites is 1. The average Bonchev–Trinajstić information content (AvgIpc) is 2.79. The number of methoxy groups -OCH3 is 1. The molecule has 0 aliphatic rings. The number of hydrogen-bond donors (Lipinski definition) is 2. The molecule has 0 aliphatic heterocycles. The van der Waals surface area contributed by atoms with Crippen molar-refractivity contribution in [2.45, 2.75) is 39.8 Å². The topological polar surface area (TPSA) is 49.9 Å². The Hall–Kier alpha value is -1.81. The molecule has 0 saturated heterocycles. The Balaban J connectivity index is 2.13. The fourth-order valence-electron chi connectivity index (χ4n) is 2.49. The molecule has 0 bridgehead atoms. The molecule has 2 N–H and O–H groups in total. The third kappa shape index (κ3) is 3.02. The van der Waals surface area contributed by atoms with Crippen LogP contribution in [0.1, 0.15) is 41.9 Å². The van der Waals surface area contributed by atoms with Gasteiger partial charge in [-0.05, 0) is 26.3 Å². The monoisotopic (exact) mass is 273 g/mol. The number of nitrogens with one attached hydrogen (secondary N) is 2. The summed E-state index contributed by atoms with van der Waals surface area (Å²) in [5.41, 5.74) is 4.64. The van der Waals surface area contributed by atoms with E-state index in [1.807, 2.05) is 19.1 Å². The Morgan fingerprint density at radius 2 is 2.05 bits per heavy atom. The molecule has 1 unspecified atom stereocenters. The highest BCUT2D eigenvalue weighted by molar-refractivity contribution is 5.36. The summed E-state index contributed by atoms with van der Waals surface area (Å²) in [6.07, 6.45) is 1.01. The molecule has 0 amide bonds. The van der Waals surface area contributed by atoms with Crippen LogP contribution in [-0.2, 0) is 6.54 Å². The minimum Gasteiger partial charge on any atom is -0.496 e. The minimum atomic E-state index is 0.278. The highest BCUT2D eigenvalue weighted by atomic mass is 16.5. The van der Waals surface area contributed by atoms with Crippen molar-refractivity contribution in [2.75, 3.05) is 7.11 Å². The quantitative estimate of drug-likeness (QED) is 0.849. The maximum Gasteiger partial charge on any atom is 0.123 e. The van der Waals surface area contributed by atoms with Gasteiger partial charge in [0.15, 0.2) is 0 Å². The Kier molecular flexibility index (Phi) is 4.79. The number of aromatic amines is 1. The van der Waals surface area contributed by atoms with Gasteiger partial charge in [-0.2, -0.15) is 5.10 Å². The molecule has 1 heterocycles. The summed E-state index contributed by atoms with van der Waals surface area (Å²) in [6, 6.07) is 8.46. The first-order valence-corrected chi connectivity index (χ1v) is 7.04. The lowest BCUT2D eigenvalue weighted by Crippen LogP contribution is -2.21. The number of hydrogen-bond acceptors (Lipinski definition) is 3. The summed E-state index contributed by atoms with van der Waals surface area (Å²) >= 11 is 0. The summed E-state index contributed by atoms with van der Waals surface area (Å²) in [7, 11) is 1.72. The second-order valence-corrected chi connectivity index (χ2v) is 5.00. The molecule has 1 aromatic heterocycles. The molecular formula is C16H23N3O. The second kappa shape index (κ2) is 6.57. The van der Waals surface area contributed by atoms with Gasteiger partial charge < -0.3 is 10.1 Å². The van der Waals surface area contributed by atoms with Gasteiger partial charge in [-0.3, -0.25) is 5.10 Å². The van der Waals surface area contributed by atoms with Gasteiger partial charge >= 0.3 is 0 Å². The van der Waals surface area contributed by atoms with Crippen LogP contribution >= 0.6 is 0 Å². The molecule has 0 aliphatic carbocycles. The summed E-state index contributed by atoms with van der Waals surface area (Å²) < 4.78 is 5.45. The number of aryl methyl sites for hydroxylation is 2. The Labute approximate surface area is 120 Å². The first kappa shape index (κ1) is 14.6. The summed E-state index contributed by atoms with van der Waals surface area (Å²) in [5.74, 6) is 0.937. The molecule has 1 aromatic carbocycles. The first-order chi connectivity index (χ1) is 9.67. The lowest BCUT2D eigenvalue weighted by Gasteiger charge is -2.20. The van der Waals surface area contributed by atoms with Crippen LogP contribution < -0.4 is 10.1 Å². The van der Waals surface area contributed by atoms with Crippen molar-refractivity contribution < 1.29 is 4.74 Å². The highest BCUT2D eigenvalue weighted by Gasteiger charge is 2.15. The fraction of sp³-hybridized carbons (Fsp3) is 0.438. The third-order valence-electron chi connectivity index (χ3n) is 3.73. The van der Waals surface area contributed by atoms with E-state index in [4.69, 9.17) is 4.74 Å². The van der Waals surface area contributed by atoms with Crippen molar-refractivity contribution in [2.24, 2.45) is 0 Å². The molecule has 0 fully saturated rings. The van der Waals surface area contributed by atoms with Crippen LogP contribution in [0, 0.1) is 13.8 Å². The lowest BCUT2D eigenvalue weighted by atomic mass is 10.0. The van der Waals surface area contributed by atoms with Crippen LogP contribution in [0.4, 0.5) is 0 Å². The van der Waals surface area contributed by atoms with Gasteiger partial charge in [0.1, 0.15) is 5.75 Å². The predicted molar refractivity (Wildman–Crippen MR) is 80.9 cm³/mol. The molecule has 2 aromatic rings. The van der Waals surface area contributed by atoms with E-state index in [0.29, 0.717) is 0 Å². The number of benzene rings is 1. The summed E-state index contributed by atoms with van der Waals surface area (Å²) in [5, 5.41) is 10.9. The van der Waals surface area contributed by atoms with Gasteiger partial charge in [0, 0.05) is 29.4 Å². The highest BCUT2D eigenvalue weighted by Crippen LogP contribution is 2.27. The molecule has 4 heteroatoms. The predicted octanol–water partition coefficient (Wildman–Crippen LogP) is 3.28. The molecule has 0 saturated carbocycles. The summed E-state index contributed by atoms with van der Waals surface area (Å²) in [6.45, 7) is 7.08. The fourth-order valence-corrected chi connectivity index (χ4v) is 2.49. The zero-order valence-corrected chi connectivity index (χ0v) is 12.7. The van der Waals surface area contributed by atoms with Gasteiger partial charge in [0.25, 0.3) is 0 Å². The molecule has 0 spiro atoms. The first-order valence-electron chi connectivity index (χ1n) is 7.04. The molecular weight excluding hydrogens is 250 g/mol. The molecule has 2 rings (SSSR count). The van der Waals surface area contributed by atoms with E-state index in [-0.39, 0.29) is 6.04 Å².